The predicted molar refractivity (Wildman–Crippen MR) is 104 cm³/mol. The van der Waals surface area contributed by atoms with Crippen molar-refractivity contribution in [2.75, 3.05) is 19.6 Å². The number of nitrogens with zero attached hydrogens (tertiary/aromatic N) is 2. The highest BCUT2D eigenvalue weighted by atomic mass is 35.5. The average molecular weight is 379 g/mol. The summed E-state index contributed by atoms with van der Waals surface area (Å²) in [5.74, 6) is 1.02. The van der Waals surface area contributed by atoms with Crippen LogP contribution >= 0.6 is 12.4 Å². The second-order valence-electron chi connectivity index (χ2n) is 6.76. The van der Waals surface area contributed by atoms with E-state index in [1.54, 1.807) is 4.68 Å². The molecule has 1 saturated heterocycles. The van der Waals surface area contributed by atoms with E-state index in [0.29, 0.717) is 13.1 Å². The van der Waals surface area contributed by atoms with Crippen LogP contribution in [-0.2, 0) is 11.8 Å². The fraction of sp³-hybridized carbons (Fsp3) is 0.474. The number of hydrogen-bond donors (Lipinski definition) is 2. The van der Waals surface area contributed by atoms with Gasteiger partial charge in [-0.15, -0.1) is 12.4 Å². The molecular weight excluding hydrogens is 352 g/mol. The van der Waals surface area contributed by atoms with Crippen molar-refractivity contribution in [2.24, 2.45) is 13.0 Å². The van der Waals surface area contributed by atoms with Gasteiger partial charge >= 0.3 is 0 Å². The van der Waals surface area contributed by atoms with E-state index in [0.717, 1.165) is 23.4 Å². The lowest BCUT2D eigenvalue weighted by atomic mass is 9.90. The smallest absolute Gasteiger partial charge is 0.225 e. The Labute approximate surface area is 160 Å². The fourth-order valence-corrected chi connectivity index (χ4v) is 3.26. The van der Waals surface area contributed by atoms with Gasteiger partial charge in [0.25, 0.3) is 0 Å². The van der Waals surface area contributed by atoms with E-state index in [1.165, 1.54) is 0 Å². The van der Waals surface area contributed by atoms with Crippen LogP contribution in [-0.4, -0.2) is 41.4 Å². The zero-order valence-electron chi connectivity index (χ0n) is 15.4. The first-order chi connectivity index (χ1) is 12.0. The van der Waals surface area contributed by atoms with Gasteiger partial charge in [-0.25, -0.2) is 0 Å². The molecule has 0 spiro atoms. The molecule has 1 unspecified atom stereocenters. The molecule has 6 nitrogen and oxygen atoms in total. The van der Waals surface area contributed by atoms with Gasteiger partial charge in [-0.1, -0.05) is 18.2 Å². The van der Waals surface area contributed by atoms with Crippen LogP contribution in [0.1, 0.15) is 24.0 Å². The third-order valence-electron chi connectivity index (χ3n) is 4.69. The maximum atomic E-state index is 12.6. The molecule has 3 rings (SSSR count). The SMILES string of the molecule is Cc1ccccc1OC(C)CNC(=O)[C@H]1CNC[C@@H]1c1cnn(C)c1.Cl. The first-order valence-corrected chi connectivity index (χ1v) is 8.74. The van der Waals surface area contributed by atoms with Crippen LogP contribution in [0.5, 0.6) is 5.75 Å². The maximum absolute atomic E-state index is 12.6. The minimum absolute atomic E-state index is 0. The molecule has 1 aliphatic rings. The summed E-state index contributed by atoms with van der Waals surface area (Å²) in [7, 11) is 1.89. The molecule has 0 saturated carbocycles. The molecule has 2 heterocycles. The van der Waals surface area contributed by atoms with Gasteiger partial charge in [-0.2, -0.15) is 5.10 Å². The van der Waals surface area contributed by atoms with Crippen LogP contribution in [0.2, 0.25) is 0 Å². The first-order valence-electron chi connectivity index (χ1n) is 8.74. The Morgan fingerprint density at radius 1 is 1.42 bits per heavy atom. The van der Waals surface area contributed by atoms with E-state index < -0.39 is 0 Å². The van der Waals surface area contributed by atoms with Crippen molar-refractivity contribution < 1.29 is 9.53 Å². The molecule has 1 aromatic heterocycles. The lowest BCUT2D eigenvalue weighted by Gasteiger charge is -2.20. The quantitative estimate of drug-likeness (QED) is 0.807. The Kier molecular flexibility index (Phi) is 7.06. The molecule has 1 aliphatic heterocycles. The molecule has 26 heavy (non-hydrogen) atoms. The standard InChI is InChI=1S/C19H26N4O2.ClH/c1-13-6-4-5-7-18(13)25-14(2)8-21-19(24)17-11-20-10-16(17)15-9-22-23(3)12-15;/h4-7,9,12,14,16-17,20H,8,10-11H2,1-3H3,(H,21,24);1H/t14?,16-,17+;/m1./s1. The highest BCUT2D eigenvalue weighted by Gasteiger charge is 2.34. The van der Waals surface area contributed by atoms with Gasteiger partial charge in [0.15, 0.2) is 0 Å². The monoisotopic (exact) mass is 378 g/mol. The third kappa shape index (κ3) is 4.77. The minimum atomic E-state index is -0.0868. The second kappa shape index (κ2) is 9.05. The summed E-state index contributed by atoms with van der Waals surface area (Å²) in [6.07, 6.45) is 3.75. The van der Waals surface area contributed by atoms with Gasteiger partial charge in [-0.05, 0) is 31.0 Å². The lowest BCUT2D eigenvalue weighted by molar-refractivity contribution is -0.125. The summed E-state index contributed by atoms with van der Waals surface area (Å²) in [5, 5.41) is 10.6. The molecule has 0 radical (unpaired) electrons. The molecule has 142 valence electrons. The van der Waals surface area contributed by atoms with Crippen molar-refractivity contribution in [3.05, 3.63) is 47.8 Å². The number of amides is 1. The van der Waals surface area contributed by atoms with Crippen LogP contribution < -0.4 is 15.4 Å². The van der Waals surface area contributed by atoms with Crippen LogP contribution in [0.3, 0.4) is 0 Å². The largest absolute Gasteiger partial charge is 0.489 e. The Morgan fingerprint density at radius 2 is 2.19 bits per heavy atom. The van der Waals surface area contributed by atoms with E-state index >= 15 is 0 Å². The third-order valence-corrected chi connectivity index (χ3v) is 4.69. The molecule has 1 amide bonds. The predicted octanol–water partition coefficient (Wildman–Crippen LogP) is 2.04. The summed E-state index contributed by atoms with van der Waals surface area (Å²) in [4.78, 5) is 12.6. The van der Waals surface area contributed by atoms with Gasteiger partial charge in [0.05, 0.1) is 18.7 Å². The highest BCUT2D eigenvalue weighted by Crippen LogP contribution is 2.27. The second-order valence-corrected chi connectivity index (χ2v) is 6.76. The Bertz CT molecular complexity index is 734. The summed E-state index contributed by atoms with van der Waals surface area (Å²) in [6, 6.07) is 7.91. The summed E-state index contributed by atoms with van der Waals surface area (Å²) in [6.45, 7) is 5.97. The number of carbonyl (C=O) groups excluding carboxylic acids is 1. The van der Waals surface area contributed by atoms with E-state index in [9.17, 15) is 4.79 Å². The van der Waals surface area contributed by atoms with Gasteiger partial charge in [-0.3, -0.25) is 9.48 Å². The lowest BCUT2D eigenvalue weighted by Crippen LogP contribution is -2.39. The van der Waals surface area contributed by atoms with E-state index in [2.05, 4.69) is 15.7 Å². The van der Waals surface area contributed by atoms with Crippen LogP contribution in [0, 0.1) is 12.8 Å². The van der Waals surface area contributed by atoms with Crippen molar-refractivity contribution in [1.82, 2.24) is 20.4 Å². The Balaban J connectivity index is 0.00000243. The molecule has 0 aliphatic carbocycles. The number of rotatable bonds is 6. The molecule has 7 heteroatoms. The van der Waals surface area contributed by atoms with Crippen molar-refractivity contribution >= 4 is 18.3 Å². The zero-order chi connectivity index (χ0) is 17.8. The van der Waals surface area contributed by atoms with Crippen molar-refractivity contribution in [3.8, 4) is 5.75 Å². The number of para-hydroxylation sites is 1. The molecule has 2 aromatic rings. The summed E-state index contributed by atoms with van der Waals surface area (Å²) in [5.41, 5.74) is 2.20. The number of benzene rings is 1. The minimum Gasteiger partial charge on any atom is -0.489 e. The van der Waals surface area contributed by atoms with Crippen LogP contribution in [0.4, 0.5) is 0 Å². The normalized spacial score (nSPS) is 20.3. The van der Waals surface area contributed by atoms with Crippen LogP contribution in [0.25, 0.3) is 0 Å². The molecule has 2 N–H and O–H groups in total. The number of hydrogen-bond acceptors (Lipinski definition) is 4. The van der Waals surface area contributed by atoms with Gasteiger partial charge in [0.2, 0.25) is 5.91 Å². The van der Waals surface area contributed by atoms with Gasteiger partial charge < -0.3 is 15.4 Å². The number of carbonyl (C=O) groups is 1. The summed E-state index contributed by atoms with van der Waals surface area (Å²) >= 11 is 0. The maximum Gasteiger partial charge on any atom is 0.225 e. The number of halogens is 1. The van der Waals surface area contributed by atoms with Crippen molar-refractivity contribution in [1.29, 1.82) is 0 Å². The van der Waals surface area contributed by atoms with Gasteiger partial charge in [0, 0.05) is 32.3 Å². The summed E-state index contributed by atoms with van der Waals surface area (Å²) < 4.78 is 7.71. The number of aromatic nitrogens is 2. The van der Waals surface area contributed by atoms with Crippen LogP contribution in [0.15, 0.2) is 36.7 Å². The highest BCUT2D eigenvalue weighted by molar-refractivity contribution is 5.85. The fourth-order valence-electron chi connectivity index (χ4n) is 3.26. The number of ether oxygens (including phenoxy) is 1. The van der Waals surface area contributed by atoms with Crippen molar-refractivity contribution in [2.45, 2.75) is 25.9 Å². The first kappa shape index (κ1) is 20.3. The Hall–Kier alpha value is -2.05. The Morgan fingerprint density at radius 3 is 2.88 bits per heavy atom. The molecule has 0 bridgehead atoms. The van der Waals surface area contributed by atoms with Crippen molar-refractivity contribution in [3.63, 3.8) is 0 Å². The molecule has 1 aromatic carbocycles. The molecule has 1 fully saturated rings. The molecular formula is C19H27ClN4O2. The van der Waals surface area contributed by atoms with Gasteiger partial charge in [0.1, 0.15) is 11.9 Å². The van der Waals surface area contributed by atoms with E-state index in [1.807, 2.05) is 57.6 Å². The topological polar surface area (TPSA) is 68.2 Å². The van der Waals surface area contributed by atoms with E-state index in [4.69, 9.17) is 4.74 Å². The average Bonchev–Trinajstić information content (AvgIpc) is 3.23. The number of aryl methyl sites for hydroxylation is 2. The zero-order valence-corrected chi connectivity index (χ0v) is 16.3. The number of nitrogens with one attached hydrogen (secondary N) is 2. The molecule has 3 atom stereocenters. The van der Waals surface area contributed by atoms with E-state index in [-0.39, 0.29) is 36.3 Å².